The Bertz CT molecular complexity index is 738. The SMILES string of the molecule is COc1ccc(F)cc1CN1CCC(NC(=O)c2cnn(C)c2)CC1. The standard InChI is InChI=1S/C18H23FN4O2/c1-22-11-14(10-20-22)18(24)21-16-5-7-23(8-6-16)12-13-9-15(19)3-4-17(13)25-2/h3-4,9-11,16H,5-8,12H2,1-2H3,(H,21,24). The third kappa shape index (κ3) is 4.36. The third-order valence-electron chi connectivity index (χ3n) is 4.53. The van der Waals surface area contributed by atoms with Crippen LogP contribution in [-0.2, 0) is 13.6 Å². The molecule has 134 valence electrons. The quantitative estimate of drug-likeness (QED) is 0.899. The lowest BCUT2D eigenvalue weighted by Gasteiger charge is -2.32. The average molecular weight is 346 g/mol. The number of amides is 1. The monoisotopic (exact) mass is 346 g/mol. The summed E-state index contributed by atoms with van der Waals surface area (Å²) in [4.78, 5) is 14.4. The maximum atomic E-state index is 13.5. The first-order chi connectivity index (χ1) is 12.0. The zero-order chi connectivity index (χ0) is 17.8. The Morgan fingerprint density at radius 1 is 1.40 bits per heavy atom. The molecule has 0 unspecified atom stereocenters. The highest BCUT2D eigenvalue weighted by molar-refractivity contribution is 5.93. The normalized spacial score (nSPS) is 16.0. The summed E-state index contributed by atoms with van der Waals surface area (Å²) in [5.74, 6) is 0.362. The van der Waals surface area contributed by atoms with Gasteiger partial charge in [-0.05, 0) is 31.0 Å². The number of likely N-dealkylation sites (tertiary alicyclic amines) is 1. The lowest BCUT2D eigenvalue weighted by Crippen LogP contribution is -2.44. The lowest BCUT2D eigenvalue weighted by atomic mass is 10.0. The second-order valence-corrected chi connectivity index (χ2v) is 6.38. The molecule has 0 aliphatic carbocycles. The van der Waals surface area contributed by atoms with E-state index in [9.17, 15) is 9.18 Å². The second-order valence-electron chi connectivity index (χ2n) is 6.38. The van der Waals surface area contributed by atoms with Crippen molar-refractivity contribution >= 4 is 5.91 Å². The number of ether oxygens (including phenoxy) is 1. The van der Waals surface area contributed by atoms with E-state index in [0.717, 1.165) is 31.5 Å². The molecule has 7 heteroatoms. The summed E-state index contributed by atoms with van der Waals surface area (Å²) >= 11 is 0. The second kappa shape index (κ2) is 7.65. The molecule has 25 heavy (non-hydrogen) atoms. The van der Waals surface area contributed by atoms with Crippen molar-refractivity contribution in [3.05, 3.63) is 47.5 Å². The van der Waals surface area contributed by atoms with Gasteiger partial charge in [0.05, 0.1) is 18.9 Å². The van der Waals surface area contributed by atoms with Gasteiger partial charge in [-0.2, -0.15) is 5.10 Å². The Morgan fingerprint density at radius 3 is 2.80 bits per heavy atom. The summed E-state index contributed by atoms with van der Waals surface area (Å²) in [5.41, 5.74) is 1.43. The number of aromatic nitrogens is 2. The van der Waals surface area contributed by atoms with E-state index in [4.69, 9.17) is 4.74 Å². The van der Waals surface area contributed by atoms with Crippen molar-refractivity contribution in [1.29, 1.82) is 0 Å². The van der Waals surface area contributed by atoms with E-state index in [0.29, 0.717) is 17.9 Å². The number of benzene rings is 1. The largest absolute Gasteiger partial charge is 0.496 e. The fraction of sp³-hybridized carbons (Fsp3) is 0.444. The number of hydrogen-bond donors (Lipinski definition) is 1. The van der Waals surface area contributed by atoms with E-state index in [1.54, 1.807) is 37.3 Å². The first kappa shape index (κ1) is 17.4. The van der Waals surface area contributed by atoms with Crippen LogP contribution in [0.3, 0.4) is 0 Å². The van der Waals surface area contributed by atoms with Crippen LogP contribution in [0, 0.1) is 5.82 Å². The van der Waals surface area contributed by atoms with Crippen LogP contribution >= 0.6 is 0 Å². The Balaban J connectivity index is 1.52. The van der Waals surface area contributed by atoms with Gasteiger partial charge in [-0.1, -0.05) is 0 Å². The molecule has 1 aliphatic heterocycles. The minimum Gasteiger partial charge on any atom is -0.496 e. The molecule has 0 saturated carbocycles. The smallest absolute Gasteiger partial charge is 0.254 e. The van der Waals surface area contributed by atoms with Crippen LogP contribution < -0.4 is 10.1 Å². The molecule has 2 aromatic rings. The molecule has 3 rings (SSSR count). The molecule has 1 aromatic carbocycles. The van der Waals surface area contributed by atoms with Crippen molar-refractivity contribution in [2.45, 2.75) is 25.4 Å². The Morgan fingerprint density at radius 2 is 2.16 bits per heavy atom. The van der Waals surface area contributed by atoms with Gasteiger partial charge in [0, 0.05) is 44.5 Å². The van der Waals surface area contributed by atoms with Gasteiger partial charge in [0.1, 0.15) is 11.6 Å². The summed E-state index contributed by atoms with van der Waals surface area (Å²) in [6, 6.07) is 4.74. The van der Waals surface area contributed by atoms with Gasteiger partial charge in [-0.15, -0.1) is 0 Å². The fourth-order valence-electron chi connectivity index (χ4n) is 3.15. The maximum Gasteiger partial charge on any atom is 0.254 e. The molecule has 0 bridgehead atoms. The molecule has 0 radical (unpaired) electrons. The summed E-state index contributed by atoms with van der Waals surface area (Å²) in [7, 11) is 3.38. The molecule has 1 aromatic heterocycles. The van der Waals surface area contributed by atoms with E-state index in [2.05, 4.69) is 15.3 Å². The van der Waals surface area contributed by atoms with Gasteiger partial charge in [-0.25, -0.2) is 4.39 Å². The number of halogens is 1. The average Bonchev–Trinajstić information content (AvgIpc) is 3.03. The fourth-order valence-corrected chi connectivity index (χ4v) is 3.15. The number of carbonyl (C=O) groups is 1. The highest BCUT2D eigenvalue weighted by atomic mass is 19.1. The van der Waals surface area contributed by atoms with Gasteiger partial charge in [0.2, 0.25) is 0 Å². The van der Waals surface area contributed by atoms with Crippen molar-refractivity contribution in [2.75, 3.05) is 20.2 Å². The predicted octanol–water partition coefficient (Wildman–Crippen LogP) is 1.96. The van der Waals surface area contributed by atoms with Crippen molar-refractivity contribution in [3.63, 3.8) is 0 Å². The van der Waals surface area contributed by atoms with Gasteiger partial charge < -0.3 is 10.1 Å². The first-order valence-corrected chi connectivity index (χ1v) is 8.39. The van der Waals surface area contributed by atoms with Crippen LogP contribution in [0.25, 0.3) is 0 Å². The van der Waals surface area contributed by atoms with Crippen LogP contribution in [0.2, 0.25) is 0 Å². The zero-order valence-corrected chi connectivity index (χ0v) is 14.5. The van der Waals surface area contributed by atoms with Crippen molar-refractivity contribution in [3.8, 4) is 5.75 Å². The lowest BCUT2D eigenvalue weighted by molar-refractivity contribution is 0.0908. The number of nitrogens with zero attached hydrogens (tertiary/aromatic N) is 3. The molecule has 1 saturated heterocycles. The third-order valence-corrected chi connectivity index (χ3v) is 4.53. The van der Waals surface area contributed by atoms with Crippen molar-refractivity contribution in [2.24, 2.45) is 7.05 Å². The molecule has 1 N–H and O–H groups in total. The summed E-state index contributed by atoms with van der Waals surface area (Å²) in [6.07, 6.45) is 5.01. The first-order valence-electron chi connectivity index (χ1n) is 8.39. The number of rotatable bonds is 5. The Hall–Kier alpha value is -2.41. The highest BCUT2D eigenvalue weighted by Gasteiger charge is 2.22. The van der Waals surface area contributed by atoms with E-state index in [-0.39, 0.29) is 17.8 Å². The van der Waals surface area contributed by atoms with E-state index < -0.39 is 0 Å². The molecule has 0 spiro atoms. The molecule has 1 amide bonds. The summed E-state index contributed by atoms with van der Waals surface area (Å²) in [5, 5.41) is 7.08. The topological polar surface area (TPSA) is 59.4 Å². The highest BCUT2D eigenvalue weighted by Crippen LogP contribution is 2.23. The molecule has 1 fully saturated rings. The number of aryl methyl sites for hydroxylation is 1. The Kier molecular flexibility index (Phi) is 5.33. The van der Waals surface area contributed by atoms with Crippen LogP contribution in [0.5, 0.6) is 5.75 Å². The van der Waals surface area contributed by atoms with Gasteiger partial charge >= 0.3 is 0 Å². The van der Waals surface area contributed by atoms with Gasteiger partial charge in [0.25, 0.3) is 5.91 Å². The van der Waals surface area contributed by atoms with E-state index in [1.165, 1.54) is 12.1 Å². The minimum absolute atomic E-state index is 0.0849. The number of hydrogen-bond acceptors (Lipinski definition) is 4. The van der Waals surface area contributed by atoms with Crippen LogP contribution in [0.4, 0.5) is 4.39 Å². The molecule has 0 atom stereocenters. The molecular formula is C18H23FN4O2. The molecule has 2 heterocycles. The molecule has 1 aliphatic rings. The predicted molar refractivity (Wildman–Crippen MR) is 91.9 cm³/mol. The number of methoxy groups -OCH3 is 1. The van der Waals surface area contributed by atoms with Crippen molar-refractivity contribution in [1.82, 2.24) is 20.0 Å². The van der Waals surface area contributed by atoms with Gasteiger partial charge in [0.15, 0.2) is 0 Å². The van der Waals surface area contributed by atoms with Gasteiger partial charge in [-0.3, -0.25) is 14.4 Å². The minimum atomic E-state index is -0.255. The number of carbonyl (C=O) groups excluding carboxylic acids is 1. The number of nitrogens with one attached hydrogen (secondary N) is 1. The molecule has 6 nitrogen and oxygen atoms in total. The zero-order valence-electron chi connectivity index (χ0n) is 14.5. The maximum absolute atomic E-state index is 13.5. The van der Waals surface area contributed by atoms with Crippen LogP contribution in [-0.4, -0.2) is 46.8 Å². The van der Waals surface area contributed by atoms with E-state index in [1.807, 2.05) is 0 Å². The van der Waals surface area contributed by atoms with Crippen LogP contribution in [0.1, 0.15) is 28.8 Å². The molecular weight excluding hydrogens is 323 g/mol. The van der Waals surface area contributed by atoms with Crippen molar-refractivity contribution < 1.29 is 13.9 Å². The Labute approximate surface area is 146 Å². The number of piperidine rings is 1. The summed E-state index contributed by atoms with van der Waals surface area (Å²) in [6.45, 7) is 2.33. The van der Waals surface area contributed by atoms with E-state index >= 15 is 0 Å². The van der Waals surface area contributed by atoms with Crippen LogP contribution in [0.15, 0.2) is 30.6 Å². The summed E-state index contributed by atoms with van der Waals surface area (Å²) < 4.78 is 20.4.